The minimum atomic E-state index is -0.823. The Balaban J connectivity index is 1.82. The Morgan fingerprint density at radius 1 is 1.15 bits per heavy atom. The molecule has 1 saturated carbocycles. The van der Waals surface area contributed by atoms with Gasteiger partial charge < -0.3 is 15.1 Å². The quantitative estimate of drug-likeness (QED) is 0.875. The highest BCUT2D eigenvalue weighted by Crippen LogP contribution is 2.30. The van der Waals surface area contributed by atoms with E-state index in [0.717, 1.165) is 36.3 Å². The first-order chi connectivity index (χ1) is 12.4. The Labute approximate surface area is 153 Å². The fourth-order valence-electron chi connectivity index (χ4n) is 3.48. The van der Waals surface area contributed by atoms with Gasteiger partial charge in [-0.2, -0.15) is 0 Å². The van der Waals surface area contributed by atoms with Crippen molar-refractivity contribution in [1.29, 1.82) is 0 Å². The Morgan fingerprint density at radius 2 is 1.88 bits per heavy atom. The zero-order chi connectivity index (χ0) is 18.7. The molecule has 1 fully saturated rings. The molecule has 1 aromatic heterocycles. The summed E-state index contributed by atoms with van der Waals surface area (Å²) in [4.78, 5) is 29.0. The van der Waals surface area contributed by atoms with Gasteiger partial charge in [0.25, 0.3) is 0 Å². The van der Waals surface area contributed by atoms with Gasteiger partial charge in [0, 0.05) is 18.2 Å². The molecule has 1 aromatic carbocycles. The van der Waals surface area contributed by atoms with Gasteiger partial charge in [-0.25, -0.2) is 4.98 Å². The number of carbonyl (C=O) groups is 2. The predicted octanol–water partition coefficient (Wildman–Crippen LogP) is 3.74. The summed E-state index contributed by atoms with van der Waals surface area (Å²) in [6.45, 7) is 5.23. The fraction of sp³-hybridized carbons (Fsp3) is 0.450. The molecule has 0 saturated heterocycles. The van der Waals surface area contributed by atoms with Crippen LogP contribution < -0.4 is 10.6 Å². The van der Waals surface area contributed by atoms with Gasteiger partial charge in [0.1, 0.15) is 11.3 Å². The monoisotopic (exact) mass is 355 g/mol. The molecule has 3 rings (SSSR count). The number of aromatic nitrogens is 1. The van der Waals surface area contributed by atoms with E-state index in [1.54, 1.807) is 0 Å². The third-order valence-electron chi connectivity index (χ3n) is 4.95. The minimum absolute atomic E-state index is 0.163. The molecule has 1 aliphatic carbocycles. The van der Waals surface area contributed by atoms with E-state index in [2.05, 4.69) is 15.6 Å². The second-order valence-electron chi connectivity index (χ2n) is 7.02. The largest absolute Gasteiger partial charge is 0.441 e. The van der Waals surface area contributed by atoms with Crippen LogP contribution in [-0.4, -0.2) is 22.3 Å². The van der Waals surface area contributed by atoms with Crippen LogP contribution in [0.25, 0.3) is 11.5 Å². The van der Waals surface area contributed by atoms with Crippen LogP contribution in [0.3, 0.4) is 0 Å². The molecule has 6 heteroatoms. The highest BCUT2D eigenvalue weighted by molar-refractivity contribution is 6.00. The first kappa shape index (κ1) is 18.2. The Morgan fingerprint density at radius 3 is 2.50 bits per heavy atom. The van der Waals surface area contributed by atoms with Gasteiger partial charge in [-0.05, 0) is 44.9 Å². The first-order valence-corrected chi connectivity index (χ1v) is 9.04. The van der Waals surface area contributed by atoms with E-state index in [9.17, 15) is 9.59 Å². The molecule has 6 nitrogen and oxygen atoms in total. The van der Waals surface area contributed by atoms with Crippen molar-refractivity contribution in [3.63, 3.8) is 0 Å². The zero-order valence-corrected chi connectivity index (χ0v) is 15.5. The first-order valence-electron chi connectivity index (χ1n) is 9.04. The lowest BCUT2D eigenvalue weighted by Gasteiger charge is -2.36. The maximum Gasteiger partial charge on any atom is 0.250 e. The number of hydrogen-bond acceptors (Lipinski definition) is 4. The normalized spacial score (nSPS) is 16.1. The van der Waals surface area contributed by atoms with Gasteiger partial charge in [-0.1, -0.05) is 25.3 Å². The highest BCUT2D eigenvalue weighted by Gasteiger charge is 2.40. The molecule has 1 aliphatic rings. The molecule has 2 amide bonds. The second kappa shape index (κ2) is 7.32. The van der Waals surface area contributed by atoms with Crippen molar-refractivity contribution in [3.05, 3.63) is 35.7 Å². The number of aryl methyl sites for hydroxylation is 2. The van der Waals surface area contributed by atoms with Crippen molar-refractivity contribution in [2.24, 2.45) is 0 Å². The number of amides is 2. The average Bonchev–Trinajstić information content (AvgIpc) is 2.94. The van der Waals surface area contributed by atoms with Crippen LogP contribution in [-0.2, 0) is 9.59 Å². The van der Waals surface area contributed by atoms with Crippen molar-refractivity contribution in [3.8, 4) is 11.5 Å². The molecular weight excluding hydrogens is 330 g/mol. The maximum atomic E-state index is 13.0. The lowest BCUT2D eigenvalue weighted by Crippen LogP contribution is -2.57. The second-order valence-corrected chi connectivity index (χ2v) is 7.02. The third-order valence-corrected chi connectivity index (χ3v) is 4.95. The number of rotatable bonds is 4. The SMILES string of the molecule is CC(=O)NC1(C(=O)Nc2cccc(-c3nc(C)c(C)o3)c2)CCCCC1. The summed E-state index contributed by atoms with van der Waals surface area (Å²) >= 11 is 0. The van der Waals surface area contributed by atoms with Gasteiger partial charge >= 0.3 is 0 Å². The Hall–Kier alpha value is -2.63. The fourth-order valence-corrected chi connectivity index (χ4v) is 3.48. The number of benzene rings is 1. The van der Waals surface area contributed by atoms with Crippen molar-refractivity contribution < 1.29 is 14.0 Å². The van der Waals surface area contributed by atoms with E-state index in [1.165, 1.54) is 6.92 Å². The van der Waals surface area contributed by atoms with Gasteiger partial charge in [0.2, 0.25) is 17.7 Å². The summed E-state index contributed by atoms with van der Waals surface area (Å²) in [5, 5.41) is 5.86. The Kier molecular flexibility index (Phi) is 5.11. The smallest absolute Gasteiger partial charge is 0.250 e. The van der Waals surface area contributed by atoms with E-state index in [4.69, 9.17) is 4.42 Å². The summed E-state index contributed by atoms with van der Waals surface area (Å²) in [6, 6.07) is 7.41. The molecule has 0 aliphatic heterocycles. The molecule has 2 N–H and O–H groups in total. The molecule has 0 bridgehead atoms. The number of anilines is 1. The summed E-state index contributed by atoms with van der Waals surface area (Å²) in [7, 11) is 0. The molecule has 1 heterocycles. The number of nitrogens with one attached hydrogen (secondary N) is 2. The molecule has 2 aromatic rings. The minimum Gasteiger partial charge on any atom is -0.441 e. The maximum absolute atomic E-state index is 13.0. The number of oxazole rings is 1. The van der Waals surface area contributed by atoms with E-state index in [1.807, 2.05) is 38.1 Å². The van der Waals surface area contributed by atoms with Crippen molar-refractivity contribution in [1.82, 2.24) is 10.3 Å². The van der Waals surface area contributed by atoms with Gasteiger partial charge in [-0.3, -0.25) is 9.59 Å². The summed E-state index contributed by atoms with van der Waals surface area (Å²) in [5.74, 6) is 0.970. The van der Waals surface area contributed by atoms with E-state index >= 15 is 0 Å². The third kappa shape index (κ3) is 3.79. The lowest BCUT2D eigenvalue weighted by atomic mass is 9.80. The topological polar surface area (TPSA) is 84.2 Å². The van der Waals surface area contributed by atoms with E-state index in [-0.39, 0.29) is 11.8 Å². The number of hydrogen-bond donors (Lipinski definition) is 2. The van der Waals surface area contributed by atoms with Crippen molar-refractivity contribution >= 4 is 17.5 Å². The summed E-state index contributed by atoms with van der Waals surface area (Å²) in [5.41, 5.74) is 1.49. The van der Waals surface area contributed by atoms with Gasteiger partial charge in [0.05, 0.1) is 5.69 Å². The standard InChI is InChI=1S/C20H25N3O3/c1-13-14(2)26-18(21-13)16-8-7-9-17(12-16)22-19(25)20(23-15(3)24)10-5-4-6-11-20/h7-9,12H,4-6,10-11H2,1-3H3,(H,22,25)(H,23,24). The van der Waals surface area contributed by atoms with Crippen molar-refractivity contribution in [2.75, 3.05) is 5.32 Å². The molecule has 26 heavy (non-hydrogen) atoms. The molecule has 0 atom stereocenters. The highest BCUT2D eigenvalue weighted by atomic mass is 16.4. The van der Waals surface area contributed by atoms with Crippen LogP contribution in [0.2, 0.25) is 0 Å². The molecule has 138 valence electrons. The number of nitrogens with zero attached hydrogens (tertiary/aromatic N) is 1. The van der Waals surface area contributed by atoms with E-state index < -0.39 is 5.54 Å². The molecular formula is C20H25N3O3. The molecule has 0 radical (unpaired) electrons. The number of carbonyl (C=O) groups excluding carboxylic acids is 2. The van der Waals surface area contributed by atoms with Crippen LogP contribution in [0.15, 0.2) is 28.7 Å². The van der Waals surface area contributed by atoms with Crippen LogP contribution in [0.4, 0.5) is 5.69 Å². The van der Waals surface area contributed by atoms with Crippen LogP contribution in [0, 0.1) is 13.8 Å². The van der Waals surface area contributed by atoms with E-state index in [0.29, 0.717) is 24.4 Å². The van der Waals surface area contributed by atoms with Crippen LogP contribution in [0.1, 0.15) is 50.5 Å². The lowest BCUT2D eigenvalue weighted by molar-refractivity contribution is -0.130. The zero-order valence-electron chi connectivity index (χ0n) is 15.5. The predicted molar refractivity (Wildman–Crippen MR) is 99.7 cm³/mol. The average molecular weight is 355 g/mol. The summed E-state index contributed by atoms with van der Waals surface area (Å²) < 4.78 is 5.67. The van der Waals surface area contributed by atoms with Gasteiger partial charge in [-0.15, -0.1) is 0 Å². The van der Waals surface area contributed by atoms with Crippen LogP contribution in [0.5, 0.6) is 0 Å². The van der Waals surface area contributed by atoms with Gasteiger partial charge in [0.15, 0.2) is 0 Å². The molecule has 0 spiro atoms. The molecule has 0 unspecified atom stereocenters. The Bertz CT molecular complexity index is 800. The van der Waals surface area contributed by atoms with Crippen LogP contribution >= 0.6 is 0 Å². The van der Waals surface area contributed by atoms with Crippen molar-refractivity contribution in [2.45, 2.75) is 58.4 Å². The summed E-state index contributed by atoms with van der Waals surface area (Å²) in [6.07, 6.45) is 4.28.